The molecule has 2 aromatic carbocycles. The summed E-state index contributed by atoms with van der Waals surface area (Å²) in [7, 11) is -4.85. The predicted molar refractivity (Wildman–Crippen MR) is 114 cm³/mol. The minimum absolute atomic E-state index is 0.334. The van der Waals surface area contributed by atoms with Crippen molar-refractivity contribution >= 4 is 9.84 Å². The Morgan fingerprint density at radius 2 is 1.56 bits per heavy atom. The number of hydrogen-bond acceptors (Lipinski definition) is 4. The average molecular weight is 465 g/mol. The smallest absolute Gasteiger partial charge is 0.341 e. The van der Waals surface area contributed by atoms with Crippen LogP contribution in [-0.2, 0) is 19.3 Å². The van der Waals surface area contributed by atoms with Gasteiger partial charge in [-0.05, 0) is 50.6 Å². The minimum Gasteiger partial charge on any atom is -0.341 e. The molecule has 0 aromatic heterocycles. The van der Waals surface area contributed by atoms with Gasteiger partial charge in [0.15, 0.2) is 0 Å². The van der Waals surface area contributed by atoms with Crippen LogP contribution >= 0.6 is 0 Å². The SMILES string of the molecule is C=C1C(C)(C)O[C@@](OCC)(C(F)(F)F)[C@@]1(C#Cc1ccccc1)S(=O)(=O)c1ccccc1. The summed E-state index contributed by atoms with van der Waals surface area (Å²) < 4.78 is 79.9. The molecule has 1 fully saturated rings. The second kappa shape index (κ2) is 8.07. The molecular weight excluding hydrogens is 441 g/mol. The summed E-state index contributed by atoms with van der Waals surface area (Å²) in [6, 6.07) is 15.0. The Balaban J connectivity index is 2.49. The van der Waals surface area contributed by atoms with Crippen molar-refractivity contribution < 1.29 is 31.1 Å². The topological polar surface area (TPSA) is 52.6 Å². The van der Waals surface area contributed by atoms with Gasteiger partial charge in [0.25, 0.3) is 0 Å². The summed E-state index contributed by atoms with van der Waals surface area (Å²) in [6.07, 6.45) is -5.26. The van der Waals surface area contributed by atoms with E-state index in [4.69, 9.17) is 9.47 Å². The molecule has 2 aromatic rings. The fraction of sp³-hybridized carbons (Fsp3) is 0.333. The van der Waals surface area contributed by atoms with Crippen LogP contribution in [-0.4, -0.2) is 37.3 Å². The number of halogens is 3. The fourth-order valence-corrected chi connectivity index (χ4v) is 6.01. The first kappa shape index (κ1) is 24.1. The molecule has 0 bridgehead atoms. The summed E-state index contributed by atoms with van der Waals surface area (Å²) in [5.74, 6) is 1.45. The van der Waals surface area contributed by atoms with Gasteiger partial charge in [-0.25, -0.2) is 8.42 Å². The maximum Gasteiger partial charge on any atom is 0.446 e. The van der Waals surface area contributed by atoms with Crippen molar-refractivity contribution in [1.82, 2.24) is 0 Å². The van der Waals surface area contributed by atoms with Gasteiger partial charge in [-0.15, -0.1) is 0 Å². The van der Waals surface area contributed by atoms with Crippen LogP contribution < -0.4 is 0 Å². The maximum atomic E-state index is 14.8. The highest BCUT2D eigenvalue weighted by Gasteiger charge is 2.82. The van der Waals surface area contributed by atoms with Gasteiger partial charge in [0, 0.05) is 12.2 Å². The van der Waals surface area contributed by atoms with Crippen molar-refractivity contribution in [3.05, 3.63) is 78.4 Å². The van der Waals surface area contributed by atoms with Gasteiger partial charge < -0.3 is 9.47 Å². The first-order chi connectivity index (χ1) is 14.9. The lowest BCUT2D eigenvalue weighted by Gasteiger charge is -2.40. The fourth-order valence-electron chi connectivity index (χ4n) is 3.81. The molecule has 1 heterocycles. The van der Waals surface area contributed by atoms with Crippen LogP contribution in [0.25, 0.3) is 0 Å². The zero-order chi connectivity index (χ0) is 23.8. The standard InChI is InChI=1S/C24H23F3O4S/c1-5-30-23(24(25,26)27)22(18(2)21(3,4)31-23,17-16-19-12-8-6-9-13-19)32(28,29)20-14-10-7-11-15-20/h6-15H,2,5H2,1,3-4H3/t22-,23+/m0/s1. The van der Waals surface area contributed by atoms with E-state index < -0.39 is 38.8 Å². The maximum absolute atomic E-state index is 14.8. The second-order valence-corrected chi connectivity index (χ2v) is 9.84. The largest absolute Gasteiger partial charge is 0.446 e. The van der Waals surface area contributed by atoms with Gasteiger partial charge in [0.1, 0.15) is 0 Å². The van der Waals surface area contributed by atoms with Crippen molar-refractivity contribution in [2.24, 2.45) is 0 Å². The van der Waals surface area contributed by atoms with Gasteiger partial charge in [-0.1, -0.05) is 54.8 Å². The summed E-state index contributed by atoms with van der Waals surface area (Å²) in [6.45, 7) is 7.27. The molecule has 4 nitrogen and oxygen atoms in total. The summed E-state index contributed by atoms with van der Waals surface area (Å²) in [4.78, 5) is -0.349. The van der Waals surface area contributed by atoms with Crippen LogP contribution in [0.1, 0.15) is 26.3 Å². The van der Waals surface area contributed by atoms with E-state index in [-0.39, 0.29) is 10.5 Å². The lowest BCUT2D eigenvalue weighted by Crippen LogP contribution is -2.65. The van der Waals surface area contributed by atoms with E-state index >= 15 is 0 Å². The van der Waals surface area contributed by atoms with Gasteiger partial charge in [-0.3, -0.25) is 0 Å². The van der Waals surface area contributed by atoms with Gasteiger partial charge in [0.2, 0.25) is 14.6 Å². The molecule has 0 saturated carbocycles. The quantitative estimate of drug-likeness (QED) is 0.477. The molecule has 1 aliphatic rings. The van der Waals surface area contributed by atoms with Crippen LogP contribution in [0.15, 0.2) is 77.7 Å². The van der Waals surface area contributed by atoms with Crippen LogP contribution in [0.5, 0.6) is 0 Å². The molecule has 2 atom stereocenters. The second-order valence-electron chi connectivity index (χ2n) is 7.75. The highest BCUT2D eigenvalue weighted by atomic mass is 32.2. The summed E-state index contributed by atoms with van der Waals surface area (Å²) in [5, 5.41) is 0. The summed E-state index contributed by atoms with van der Waals surface area (Å²) in [5.41, 5.74) is -1.74. The van der Waals surface area contributed by atoms with E-state index in [1.165, 1.54) is 45.0 Å². The lowest BCUT2D eigenvalue weighted by atomic mass is 9.85. The van der Waals surface area contributed by atoms with E-state index in [2.05, 4.69) is 18.4 Å². The molecule has 0 radical (unpaired) electrons. The minimum atomic E-state index is -5.26. The predicted octanol–water partition coefficient (Wildman–Crippen LogP) is 4.91. The number of alkyl halides is 3. The van der Waals surface area contributed by atoms with Crippen LogP contribution in [0.2, 0.25) is 0 Å². The van der Waals surface area contributed by atoms with Crippen molar-refractivity contribution in [2.75, 3.05) is 6.61 Å². The Morgan fingerprint density at radius 1 is 1.03 bits per heavy atom. The average Bonchev–Trinajstić information content (AvgIpc) is 2.92. The molecule has 0 aliphatic carbocycles. The Kier molecular flexibility index (Phi) is 6.07. The van der Waals surface area contributed by atoms with E-state index in [1.54, 1.807) is 36.4 Å². The molecule has 1 aliphatic heterocycles. The van der Waals surface area contributed by atoms with Gasteiger partial charge >= 0.3 is 12.0 Å². The Bertz CT molecular complexity index is 1160. The Hall–Kier alpha value is -2.60. The lowest BCUT2D eigenvalue weighted by molar-refractivity contribution is -0.384. The Morgan fingerprint density at radius 3 is 2.06 bits per heavy atom. The molecule has 170 valence electrons. The first-order valence-electron chi connectivity index (χ1n) is 9.84. The summed E-state index contributed by atoms with van der Waals surface area (Å²) >= 11 is 0. The van der Waals surface area contributed by atoms with Crippen molar-refractivity contribution in [2.45, 2.75) is 48.0 Å². The van der Waals surface area contributed by atoms with Gasteiger partial charge in [-0.2, -0.15) is 13.2 Å². The molecule has 32 heavy (non-hydrogen) atoms. The number of benzene rings is 2. The zero-order valence-electron chi connectivity index (χ0n) is 17.9. The van der Waals surface area contributed by atoms with Crippen molar-refractivity contribution in [1.29, 1.82) is 0 Å². The Labute approximate surface area is 186 Å². The number of hydrogen-bond donors (Lipinski definition) is 0. The third-order valence-corrected chi connectivity index (χ3v) is 7.66. The van der Waals surface area contributed by atoms with E-state index in [1.807, 2.05) is 0 Å². The first-order valence-corrected chi connectivity index (χ1v) is 11.3. The van der Waals surface area contributed by atoms with E-state index in [9.17, 15) is 21.6 Å². The third kappa shape index (κ3) is 3.45. The van der Waals surface area contributed by atoms with E-state index in [0.717, 1.165) is 0 Å². The molecule has 0 unspecified atom stereocenters. The van der Waals surface area contributed by atoms with Crippen molar-refractivity contribution in [3.8, 4) is 11.8 Å². The van der Waals surface area contributed by atoms with Crippen LogP contribution in [0.4, 0.5) is 13.2 Å². The highest BCUT2D eigenvalue weighted by Crippen LogP contribution is 2.60. The number of ether oxygens (including phenoxy) is 2. The number of sulfone groups is 1. The normalized spacial score (nSPS) is 25.2. The van der Waals surface area contributed by atoms with Gasteiger partial charge in [0.05, 0.1) is 10.5 Å². The monoisotopic (exact) mass is 464 g/mol. The molecule has 8 heteroatoms. The molecule has 0 spiro atoms. The third-order valence-electron chi connectivity index (χ3n) is 5.35. The molecular formula is C24H23F3O4S. The van der Waals surface area contributed by atoms with Crippen molar-refractivity contribution in [3.63, 3.8) is 0 Å². The zero-order valence-corrected chi connectivity index (χ0v) is 18.7. The molecule has 0 amide bonds. The van der Waals surface area contributed by atoms with Crippen LogP contribution in [0.3, 0.4) is 0 Å². The highest BCUT2D eigenvalue weighted by molar-refractivity contribution is 7.93. The van der Waals surface area contributed by atoms with E-state index in [0.29, 0.717) is 5.56 Å². The van der Waals surface area contributed by atoms with Crippen LogP contribution in [0, 0.1) is 11.8 Å². The number of rotatable bonds is 4. The molecule has 1 saturated heterocycles. The molecule has 3 rings (SSSR count). The molecule has 0 N–H and O–H groups in total.